The number of rotatable bonds is 3. The van der Waals surface area contributed by atoms with E-state index in [2.05, 4.69) is 27.4 Å². The third-order valence-corrected chi connectivity index (χ3v) is 2.86. The number of thiocarbonyl (C=S) groups is 1. The first kappa shape index (κ1) is 13.9. The van der Waals surface area contributed by atoms with Crippen LogP contribution in [-0.4, -0.2) is 55.0 Å². The van der Waals surface area contributed by atoms with Gasteiger partial charge in [0.15, 0.2) is 12.0 Å². The van der Waals surface area contributed by atoms with Crippen molar-refractivity contribution in [3.63, 3.8) is 0 Å². The summed E-state index contributed by atoms with van der Waals surface area (Å²) in [7, 11) is 0. The van der Waals surface area contributed by atoms with Crippen molar-refractivity contribution in [2.75, 3.05) is 6.61 Å². The summed E-state index contributed by atoms with van der Waals surface area (Å²) in [6.07, 6.45) is -3.37. The first-order valence-corrected chi connectivity index (χ1v) is 5.79. The number of hydrogen-bond donors (Lipinski definition) is 3. The minimum atomic E-state index is -1.34. The van der Waals surface area contributed by atoms with E-state index >= 15 is 0 Å². The number of aromatic nitrogens is 2. The second-order valence-electron chi connectivity index (χ2n) is 3.91. The molecular weight excluding hydrogens is 274 g/mol. The smallest absolute Gasteiger partial charge is 0.351 e. The number of aliphatic hydroxyl groups is 3. The van der Waals surface area contributed by atoms with Crippen LogP contribution < -0.4 is 5.69 Å². The molecule has 0 saturated carbocycles. The number of hydrogen-bond acceptors (Lipinski definition) is 8. The Morgan fingerprint density at radius 3 is 2.79 bits per heavy atom. The Kier molecular flexibility index (Phi) is 4.15. The Morgan fingerprint density at radius 2 is 2.26 bits per heavy atom. The molecule has 102 valence electrons. The molecule has 1 aliphatic heterocycles. The first-order valence-electron chi connectivity index (χ1n) is 5.38. The van der Waals surface area contributed by atoms with E-state index < -0.39 is 36.8 Å². The van der Waals surface area contributed by atoms with Crippen LogP contribution in [0, 0.1) is 0 Å². The molecule has 1 fully saturated rings. The normalized spacial score (nSPS) is 30.1. The SMILES string of the molecule is O=c1nc(N=C=S)ccn1[C@@H]1O[C@H](CO)[C@@H](O)[C@H]1O. The molecule has 2 rings (SSSR count). The maximum atomic E-state index is 11.7. The van der Waals surface area contributed by atoms with Crippen molar-refractivity contribution in [2.24, 2.45) is 4.99 Å². The van der Waals surface area contributed by atoms with Crippen molar-refractivity contribution in [3.8, 4) is 0 Å². The third kappa shape index (κ3) is 2.61. The first-order chi connectivity index (χ1) is 9.08. The minimum absolute atomic E-state index is 0.0861. The lowest BCUT2D eigenvalue weighted by Crippen LogP contribution is -2.35. The van der Waals surface area contributed by atoms with Crippen LogP contribution in [0.2, 0.25) is 0 Å². The third-order valence-electron chi connectivity index (χ3n) is 2.77. The summed E-state index contributed by atoms with van der Waals surface area (Å²) in [6.45, 7) is -0.468. The fourth-order valence-electron chi connectivity index (χ4n) is 1.82. The van der Waals surface area contributed by atoms with Crippen molar-refractivity contribution < 1.29 is 20.1 Å². The zero-order valence-corrected chi connectivity index (χ0v) is 10.4. The average Bonchev–Trinajstić information content (AvgIpc) is 2.67. The number of nitrogens with zero attached hydrogens (tertiary/aromatic N) is 3. The molecule has 1 aliphatic rings. The molecule has 2 heterocycles. The van der Waals surface area contributed by atoms with Crippen LogP contribution in [0.1, 0.15) is 6.23 Å². The molecule has 0 aromatic carbocycles. The van der Waals surface area contributed by atoms with E-state index in [1.165, 1.54) is 12.3 Å². The zero-order valence-electron chi connectivity index (χ0n) is 9.58. The van der Waals surface area contributed by atoms with Gasteiger partial charge in [0.1, 0.15) is 18.3 Å². The van der Waals surface area contributed by atoms with Gasteiger partial charge in [0.05, 0.1) is 11.8 Å². The van der Waals surface area contributed by atoms with Crippen LogP contribution in [0.15, 0.2) is 22.1 Å². The fourth-order valence-corrected chi connectivity index (χ4v) is 1.91. The van der Waals surface area contributed by atoms with Gasteiger partial charge in [-0.1, -0.05) is 0 Å². The van der Waals surface area contributed by atoms with Gasteiger partial charge in [-0.05, 0) is 12.2 Å². The highest BCUT2D eigenvalue weighted by Crippen LogP contribution is 2.28. The van der Waals surface area contributed by atoms with Crippen molar-refractivity contribution >= 4 is 23.2 Å². The Morgan fingerprint density at radius 1 is 1.53 bits per heavy atom. The summed E-state index contributed by atoms with van der Waals surface area (Å²) in [5.41, 5.74) is -0.721. The second kappa shape index (κ2) is 5.66. The molecule has 0 aliphatic carbocycles. The van der Waals surface area contributed by atoms with Crippen molar-refractivity contribution in [1.82, 2.24) is 9.55 Å². The zero-order chi connectivity index (χ0) is 14.0. The molecule has 3 N–H and O–H groups in total. The van der Waals surface area contributed by atoms with Crippen molar-refractivity contribution in [3.05, 3.63) is 22.7 Å². The molecule has 0 amide bonds. The molecule has 1 saturated heterocycles. The number of isothiocyanates is 1. The van der Waals surface area contributed by atoms with E-state index in [1.807, 2.05) is 0 Å². The van der Waals surface area contributed by atoms with Crippen LogP contribution in [0.5, 0.6) is 0 Å². The summed E-state index contributed by atoms with van der Waals surface area (Å²) in [4.78, 5) is 18.9. The van der Waals surface area contributed by atoms with Gasteiger partial charge in [-0.25, -0.2) is 4.79 Å². The highest BCUT2D eigenvalue weighted by Gasteiger charge is 2.43. The molecule has 0 unspecified atom stereocenters. The van der Waals surface area contributed by atoms with Gasteiger partial charge in [-0.2, -0.15) is 9.98 Å². The Balaban J connectivity index is 2.33. The molecule has 0 spiro atoms. The summed E-state index contributed by atoms with van der Waals surface area (Å²) in [5.74, 6) is 0.0861. The van der Waals surface area contributed by atoms with E-state index in [-0.39, 0.29) is 5.82 Å². The molecular formula is C10H11N3O5S. The molecule has 8 nitrogen and oxygen atoms in total. The van der Waals surface area contributed by atoms with Crippen LogP contribution in [0.3, 0.4) is 0 Å². The van der Waals surface area contributed by atoms with E-state index in [4.69, 9.17) is 9.84 Å². The van der Waals surface area contributed by atoms with Crippen LogP contribution in [0.4, 0.5) is 5.82 Å². The van der Waals surface area contributed by atoms with Crippen LogP contribution >= 0.6 is 12.2 Å². The van der Waals surface area contributed by atoms with Gasteiger partial charge in [0.2, 0.25) is 0 Å². The molecule has 0 radical (unpaired) electrons. The lowest BCUT2D eigenvalue weighted by atomic mass is 10.1. The Bertz CT molecular complexity index is 571. The van der Waals surface area contributed by atoms with Gasteiger partial charge in [0, 0.05) is 12.3 Å². The molecule has 1 aromatic rings. The fraction of sp³-hybridized carbons (Fsp3) is 0.500. The van der Waals surface area contributed by atoms with Gasteiger partial charge in [-0.15, -0.1) is 0 Å². The van der Waals surface area contributed by atoms with Gasteiger partial charge in [0.25, 0.3) is 0 Å². The lowest BCUT2D eigenvalue weighted by molar-refractivity contribution is -0.0549. The maximum Gasteiger partial charge on any atom is 0.351 e. The summed E-state index contributed by atoms with van der Waals surface area (Å²) in [5, 5.41) is 30.4. The number of aliphatic imine (C=N–C) groups is 1. The molecule has 19 heavy (non-hydrogen) atoms. The minimum Gasteiger partial charge on any atom is -0.394 e. The lowest BCUT2D eigenvalue weighted by Gasteiger charge is -2.16. The van der Waals surface area contributed by atoms with E-state index in [0.717, 1.165) is 4.57 Å². The Hall–Kier alpha value is -1.48. The largest absolute Gasteiger partial charge is 0.394 e. The van der Waals surface area contributed by atoms with Gasteiger partial charge >= 0.3 is 5.69 Å². The van der Waals surface area contributed by atoms with Crippen molar-refractivity contribution in [2.45, 2.75) is 24.5 Å². The molecule has 0 bridgehead atoms. The average molecular weight is 285 g/mol. The van der Waals surface area contributed by atoms with E-state index in [9.17, 15) is 15.0 Å². The predicted molar refractivity (Wildman–Crippen MR) is 66.2 cm³/mol. The van der Waals surface area contributed by atoms with Crippen LogP contribution in [-0.2, 0) is 4.74 Å². The Labute approximate surface area is 112 Å². The van der Waals surface area contributed by atoms with E-state index in [1.54, 1.807) is 0 Å². The standard InChI is InChI=1S/C10H11N3O5S/c14-3-5-7(15)8(16)9(18-5)13-2-1-6(11-4-19)12-10(13)17/h1-2,5,7-9,14-16H,3H2/t5-,7-,8-,9-/m1/s1. The topological polar surface area (TPSA) is 117 Å². The van der Waals surface area contributed by atoms with Crippen LogP contribution in [0.25, 0.3) is 0 Å². The monoisotopic (exact) mass is 285 g/mol. The number of ether oxygens (including phenoxy) is 1. The molecule has 4 atom stereocenters. The second-order valence-corrected chi connectivity index (χ2v) is 4.09. The summed E-state index contributed by atoms with van der Waals surface area (Å²) < 4.78 is 6.21. The van der Waals surface area contributed by atoms with E-state index in [0.29, 0.717) is 0 Å². The predicted octanol–water partition coefficient (Wildman–Crippen LogP) is -1.41. The summed E-state index contributed by atoms with van der Waals surface area (Å²) >= 11 is 4.39. The maximum absolute atomic E-state index is 11.7. The summed E-state index contributed by atoms with van der Waals surface area (Å²) in [6, 6.07) is 1.38. The van der Waals surface area contributed by atoms with Crippen molar-refractivity contribution in [1.29, 1.82) is 0 Å². The highest BCUT2D eigenvalue weighted by molar-refractivity contribution is 7.78. The van der Waals surface area contributed by atoms with Gasteiger partial charge in [-0.3, -0.25) is 4.57 Å². The molecule has 9 heteroatoms. The van der Waals surface area contributed by atoms with Gasteiger partial charge < -0.3 is 20.1 Å². The highest BCUT2D eigenvalue weighted by atomic mass is 32.1. The molecule has 1 aromatic heterocycles. The number of aliphatic hydroxyl groups excluding tert-OH is 3. The quantitative estimate of drug-likeness (QED) is 0.461.